The second kappa shape index (κ2) is 5.00. The first-order chi connectivity index (χ1) is 9.95. The van der Waals surface area contributed by atoms with E-state index in [1.807, 2.05) is 0 Å². The summed E-state index contributed by atoms with van der Waals surface area (Å²) in [5.41, 5.74) is 0.724. The number of aromatic amines is 1. The lowest BCUT2D eigenvalue weighted by Crippen LogP contribution is -2.01. The summed E-state index contributed by atoms with van der Waals surface area (Å²) in [6.07, 6.45) is 0. The SMILES string of the molecule is Fc1cc(F)c2[nH]c(=S)n(Cc3ccc(F)c(F)c3)c2c1. The maximum atomic E-state index is 13.7. The van der Waals surface area contributed by atoms with Crippen LogP contribution < -0.4 is 0 Å². The van der Waals surface area contributed by atoms with Crippen molar-refractivity contribution in [2.75, 3.05) is 0 Å². The lowest BCUT2D eigenvalue weighted by Gasteiger charge is -2.06. The number of benzene rings is 2. The molecule has 1 N–H and O–H groups in total. The minimum Gasteiger partial charge on any atom is -0.328 e. The Labute approximate surface area is 121 Å². The lowest BCUT2D eigenvalue weighted by atomic mass is 10.2. The highest BCUT2D eigenvalue weighted by Crippen LogP contribution is 2.21. The Morgan fingerprint density at radius 3 is 2.43 bits per heavy atom. The number of hydrogen-bond acceptors (Lipinski definition) is 1. The number of H-pyrrole nitrogens is 1. The molecule has 7 heteroatoms. The molecule has 0 saturated carbocycles. The van der Waals surface area contributed by atoms with Gasteiger partial charge in [-0.1, -0.05) is 6.07 Å². The second-order valence-corrected chi connectivity index (χ2v) is 4.93. The number of hydrogen-bond donors (Lipinski definition) is 1. The summed E-state index contributed by atoms with van der Waals surface area (Å²) in [7, 11) is 0. The zero-order valence-electron chi connectivity index (χ0n) is 10.5. The van der Waals surface area contributed by atoms with E-state index in [1.165, 1.54) is 10.6 Å². The van der Waals surface area contributed by atoms with Crippen molar-refractivity contribution in [3.8, 4) is 0 Å². The number of fused-ring (bicyclic) bond motifs is 1. The van der Waals surface area contributed by atoms with Gasteiger partial charge in [0.05, 0.1) is 12.1 Å². The molecule has 2 nitrogen and oxygen atoms in total. The molecule has 3 rings (SSSR count). The van der Waals surface area contributed by atoms with Crippen LogP contribution in [0.15, 0.2) is 30.3 Å². The Morgan fingerprint density at radius 2 is 1.71 bits per heavy atom. The van der Waals surface area contributed by atoms with E-state index in [1.54, 1.807) is 0 Å². The topological polar surface area (TPSA) is 20.7 Å². The Hall–Kier alpha value is -2.15. The quantitative estimate of drug-likeness (QED) is 0.552. The standard InChI is InChI=1S/C14H8F4N2S/c15-8-4-11(18)13-12(5-8)20(14(21)19-13)6-7-1-2-9(16)10(17)3-7/h1-5H,6H2,(H,19,21). The van der Waals surface area contributed by atoms with Crippen LogP contribution in [0.3, 0.4) is 0 Å². The van der Waals surface area contributed by atoms with Crippen LogP contribution in [0.25, 0.3) is 11.0 Å². The fourth-order valence-corrected chi connectivity index (χ4v) is 2.42. The van der Waals surface area contributed by atoms with E-state index in [4.69, 9.17) is 12.2 Å². The number of aromatic nitrogens is 2. The molecule has 0 aliphatic carbocycles. The number of halogens is 4. The molecule has 0 amide bonds. The molecule has 1 heterocycles. The molecular weight excluding hydrogens is 304 g/mol. The van der Waals surface area contributed by atoms with E-state index >= 15 is 0 Å². The molecule has 0 aliphatic heterocycles. The number of imidazole rings is 1. The maximum absolute atomic E-state index is 13.7. The Kier molecular flexibility index (Phi) is 3.29. The molecular formula is C14H8F4N2S. The lowest BCUT2D eigenvalue weighted by molar-refractivity contribution is 0.506. The van der Waals surface area contributed by atoms with Crippen LogP contribution in [0, 0.1) is 28.0 Å². The number of rotatable bonds is 2. The van der Waals surface area contributed by atoms with Crippen molar-refractivity contribution in [1.82, 2.24) is 9.55 Å². The van der Waals surface area contributed by atoms with Gasteiger partial charge in [0.25, 0.3) is 0 Å². The highest BCUT2D eigenvalue weighted by molar-refractivity contribution is 7.71. The first-order valence-corrected chi connectivity index (χ1v) is 6.38. The largest absolute Gasteiger partial charge is 0.328 e. The molecule has 2 aromatic carbocycles. The number of nitrogens with one attached hydrogen (secondary N) is 1. The summed E-state index contributed by atoms with van der Waals surface area (Å²) in [5, 5.41) is 0. The van der Waals surface area contributed by atoms with Crippen molar-refractivity contribution in [2.24, 2.45) is 0 Å². The summed E-state index contributed by atoms with van der Waals surface area (Å²) in [6.45, 7) is 0.0684. The van der Waals surface area contributed by atoms with Gasteiger partial charge in [-0.15, -0.1) is 0 Å². The molecule has 1 aromatic heterocycles. The molecule has 0 unspecified atom stereocenters. The van der Waals surface area contributed by atoms with Gasteiger partial charge in [-0.2, -0.15) is 0 Å². The Bertz CT molecular complexity index is 898. The van der Waals surface area contributed by atoms with Crippen LogP contribution in [-0.2, 0) is 6.54 Å². The molecule has 0 saturated heterocycles. The maximum Gasteiger partial charge on any atom is 0.178 e. The van der Waals surface area contributed by atoms with Gasteiger partial charge < -0.3 is 9.55 Å². The van der Waals surface area contributed by atoms with Gasteiger partial charge in [0.15, 0.2) is 22.2 Å². The van der Waals surface area contributed by atoms with Crippen LogP contribution >= 0.6 is 12.2 Å². The van der Waals surface area contributed by atoms with Crippen LogP contribution in [0.5, 0.6) is 0 Å². The second-order valence-electron chi connectivity index (χ2n) is 4.55. The highest BCUT2D eigenvalue weighted by atomic mass is 32.1. The third-order valence-electron chi connectivity index (χ3n) is 3.13. The number of nitrogens with zero attached hydrogens (tertiary/aromatic N) is 1. The van der Waals surface area contributed by atoms with Gasteiger partial charge in [-0.25, -0.2) is 17.6 Å². The molecule has 21 heavy (non-hydrogen) atoms. The Balaban J connectivity index is 2.14. The zero-order valence-corrected chi connectivity index (χ0v) is 11.3. The van der Waals surface area contributed by atoms with Crippen LogP contribution in [-0.4, -0.2) is 9.55 Å². The van der Waals surface area contributed by atoms with Gasteiger partial charge in [0.2, 0.25) is 0 Å². The molecule has 0 atom stereocenters. The summed E-state index contributed by atoms with van der Waals surface area (Å²) in [4.78, 5) is 2.64. The van der Waals surface area contributed by atoms with Gasteiger partial charge >= 0.3 is 0 Å². The predicted molar refractivity (Wildman–Crippen MR) is 72.5 cm³/mol. The minimum atomic E-state index is -0.990. The third kappa shape index (κ3) is 2.44. The predicted octanol–water partition coefficient (Wildman–Crippen LogP) is 4.30. The van der Waals surface area contributed by atoms with E-state index in [0.29, 0.717) is 5.56 Å². The summed E-state index contributed by atoms with van der Waals surface area (Å²) in [5.74, 6) is -3.46. The van der Waals surface area contributed by atoms with E-state index in [0.717, 1.165) is 24.3 Å². The molecule has 108 valence electrons. The molecule has 0 bridgehead atoms. The molecule has 3 aromatic rings. The van der Waals surface area contributed by atoms with Gasteiger partial charge in [-0.3, -0.25) is 0 Å². The van der Waals surface area contributed by atoms with E-state index in [9.17, 15) is 17.6 Å². The normalized spacial score (nSPS) is 11.2. The first-order valence-electron chi connectivity index (χ1n) is 5.97. The summed E-state index contributed by atoms with van der Waals surface area (Å²) < 4.78 is 54.7. The molecule has 0 spiro atoms. The van der Waals surface area contributed by atoms with Crippen LogP contribution in [0.2, 0.25) is 0 Å². The van der Waals surface area contributed by atoms with E-state index < -0.39 is 23.3 Å². The third-order valence-corrected chi connectivity index (χ3v) is 3.45. The van der Waals surface area contributed by atoms with Crippen molar-refractivity contribution in [2.45, 2.75) is 6.54 Å². The minimum absolute atomic E-state index is 0.0684. The fourth-order valence-electron chi connectivity index (χ4n) is 2.16. The van der Waals surface area contributed by atoms with Crippen molar-refractivity contribution < 1.29 is 17.6 Å². The molecule has 0 aliphatic rings. The smallest absolute Gasteiger partial charge is 0.178 e. The average Bonchev–Trinajstić information content (AvgIpc) is 2.72. The Morgan fingerprint density at radius 1 is 0.952 bits per heavy atom. The van der Waals surface area contributed by atoms with Crippen molar-refractivity contribution in [3.05, 3.63) is 63.9 Å². The summed E-state index contributed by atoms with van der Waals surface area (Å²) in [6, 6.07) is 5.27. The molecule has 0 fully saturated rings. The average molecular weight is 312 g/mol. The highest BCUT2D eigenvalue weighted by Gasteiger charge is 2.12. The van der Waals surface area contributed by atoms with Crippen molar-refractivity contribution in [3.63, 3.8) is 0 Å². The fraction of sp³-hybridized carbons (Fsp3) is 0.0714. The van der Waals surface area contributed by atoms with Crippen molar-refractivity contribution in [1.29, 1.82) is 0 Å². The van der Waals surface area contributed by atoms with Gasteiger partial charge in [-0.05, 0) is 36.0 Å². The van der Waals surface area contributed by atoms with Crippen LogP contribution in [0.4, 0.5) is 17.6 Å². The zero-order chi connectivity index (χ0) is 15.1. The van der Waals surface area contributed by atoms with Gasteiger partial charge in [0.1, 0.15) is 11.3 Å². The monoisotopic (exact) mass is 312 g/mol. The van der Waals surface area contributed by atoms with Crippen LogP contribution in [0.1, 0.15) is 5.56 Å². The summed E-state index contributed by atoms with van der Waals surface area (Å²) >= 11 is 5.06. The first kappa shape index (κ1) is 13.8. The van der Waals surface area contributed by atoms with Gasteiger partial charge in [0, 0.05) is 6.07 Å². The molecule has 0 radical (unpaired) electrons. The van der Waals surface area contributed by atoms with E-state index in [2.05, 4.69) is 4.98 Å². The van der Waals surface area contributed by atoms with Crippen molar-refractivity contribution >= 4 is 23.3 Å². The van der Waals surface area contributed by atoms with E-state index in [-0.39, 0.29) is 22.3 Å².